The SMILES string of the molecule is CCc1ccc(C(=O)NCC2CCCCC2)cc1. The van der Waals surface area contributed by atoms with Crippen LogP contribution in [-0.4, -0.2) is 12.5 Å². The van der Waals surface area contributed by atoms with Crippen LogP contribution in [0.1, 0.15) is 54.9 Å². The zero-order valence-corrected chi connectivity index (χ0v) is 11.2. The summed E-state index contributed by atoms with van der Waals surface area (Å²) in [5.41, 5.74) is 2.06. The average molecular weight is 245 g/mol. The third-order valence-electron chi connectivity index (χ3n) is 3.90. The van der Waals surface area contributed by atoms with E-state index in [0.717, 1.165) is 18.5 Å². The van der Waals surface area contributed by atoms with Gasteiger partial charge in [0.2, 0.25) is 0 Å². The van der Waals surface area contributed by atoms with E-state index in [-0.39, 0.29) is 5.91 Å². The van der Waals surface area contributed by atoms with Gasteiger partial charge in [-0.3, -0.25) is 4.79 Å². The van der Waals surface area contributed by atoms with Crippen LogP contribution in [0.2, 0.25) is 0 Å². The Bertz CT molecular complexity index is 377. The van der Waals surface area contributed by atoms with Gasteiger partial charge in [0.25, 0.3) is 5.91 Å². The fraction of sp³-hybridized carbons (Fsp3) is 0.562. The van der Waals surface area contributed by atoms with Gasteiger partial charge in [-0.1, -0.05) is 38.3 Å². The second-order valence-corrected chi connectivity index (χ2v) is 5.26. The van der Waals surface area contributed by atoms with Crippen LogP contribution in [-0.2, 0) is 6.42 Å². The van der Waals surface area contributed by atoms with Gasteiger partial charge in [0.05, 0.1) is 0 Å². The molecule has 0 atom stereocenters. The molecule has 2 heteroatoms. The van der Waals surface area contributed by atoms with E-state index in [4.69, 9.17) is 0 Å². The number of hydrogen-bond donors (Lipinski definition) is 1. The number of nitrogens with one attached hydrogen (secondary N) is 1. The van der Waals surface area contributed by atoms with Crippen molar-refractivity contribution in [2.45, 2.75) is 45.4 Å². The van der Waals surface area contributed by atoms with E-state index in [1.807, 2.05) is 24.3 Å². The van der Waals surface area contributed by atoms with E-state index < -0.39 is 0 Å². The number of rotatable bonds is 4. The first kappa shape index (κ1) is 13.1. The first-order valence-corrected chi connectivity index (χ1v) is 7.16. The van der Waals surface area contributed by atoms with Crippen LogP contribution in [0.15, 0.2) is 24.3 Å². The molecule has 0 heterocycles. The fourth-order valence-electron chi connectivity index (χ4n) is 2.62. The molecule has 0 radical (unpaired) electrons. The maximum Gasteiger partial charge on any atom is 0.251 e. The van der Waals surface area contributed by atoms with Gasteiger partial charge in [0.1, 0.15) is 0 Å². The highest BCUT2D eigenvalue weighted by Gasteiger charge is 2.14. The van der Waals surface area contributed by atoms with Crippen molar-refractivity contribution in [2.24, 2.45) is 5.92 Å². The minimum atomic E-state index is 0.0724. The molecule has 1 aliphatic rings. The Morgan fingerprint density at radius 1 is 1.17 bits per heavy atom. The molecule has 98 valence electrons. The van der Waals surface area contributed by atoms with E-state index >= 15 is 0 Å². The van der Waals surface area contributed by atoms with E-state index in [1.165, 1.54) is 37.7 Å². The lowest BCUT2D eigenvalue weighted by atomic mass is 9.89. The number of benzene rings is 1. The van der Waals surface area contributed by atoms with E-state index in [0.29, 0.717) is 5.92 Å². The van der Waals surface area contributed by atoms with Crippen molar-refractivity contribution < 1.29 is 4.79 Å². The molecule has 0 unspecified atom stereocenters. The van der Waals surface area contributed by atoms with Crippen LogP contribution in [0, 0.1) is 5.92 Å². The third-order valence-corrected chi connectivity index (χ3v) is 3.90. The van der Waals surface area contributed by atoms with Gasteiger partial charge in [0.15, 0.2) is 0 Å². The quantitative estimate of drug-likeness (QED) is 0.863. The van der Waals surface area contributed by atoms with Crippen molar-refractivity contribution in [3.63, 3.8) is 0 Å². The van der Waals surface area contributed by atoms with Crippen LogP contribution >= 0.6 is 0 Å². The van der Waals surface area contributed by atoms with Gasteiger partial charge in [-0.25, -0.2) is 0 Å². The molecular formula is C16H23NO. The van der Waals surface area contributed by atoms with Crippen LogP contribution < -0.4 is 5.32 Å². The Morgan fingerprint density at radius 3 is 2.44 bits per heavy atom. The Labute approximate surface area is 110 Å². The Morgan fingerprint density at radius 2 is 1.83 bits per heavy atom. The standard InChI is InChI=1S/C16H23NO/c1-2-13-8-10-15(11-9-13)16(18)17-12-14-6-4-3-5-7-14/h8-11,14H,2-7,12H2,1H3,(H,17,18). The molecule has 0 spiro atoms. The largest absolute Gasteiger partial charge is 0.352 e. The summed E-state index contributed by atoms with van der Waals surface area (Å²) in [6.45, 7) is 2.96. The van der Waals surface area contributed by atoms with Gasteiger partial charge < -0.3 is 5.32 Å². The van der Waals surface area contributed by atoms with E-state index in [9.17, 15) is 4.79 Å². The summed E-state index contributed by atoms with van der Waals surface area (Å²) >= 11 is 0. The molecule has 1 saturated carbocycles. The Kier molecular flexibility index (Phi) is 4.80. The summed E-state index contributed by atoms with van der Waals surface area (Å²) in [5.74, 6) is 0.765. The van der Waals surface area contributed by atoms with Gasteiger partial charge in [0, 0.05) is 12.1 Å². The number of hydrogen-bond acceptors (Lipinski definition) is 1. The maximum atomic E-state index is 12.0. The van der Waals surface area contributed by atoms with E-state index in [1.54, 1.807) is 0 Å². The Balaban J connectivity index is 1.82. The van der Waals surface area contributed by atoms with Crippen molar-refractivity contribution >= 4 is 5.91 Å². The molecule has 0 bridgehead atoms. The molecule has 1 fully saturated rings. The molecule has 1 aliphatic carbocycles. The van der Waals surface area contributed by atoms with Gasteiger partial charge in [-0.15, -0.1) is 0 Å². The highest BCUT2D eigenvalue weighted by molar-refractivity contribution is 5.94. The van der Waals surface area contributed by atoms with Crippen LogP contribution in [0.4, 0.5) is 0 Å². The van der Waals surface area contributed by atoms with Crippen molar-refractivity contribution in [2.75, 3.05) is 6.54 Å². The van der Waals surface area contributed by atoms with Crippen molar-refractivity contribution in [3.8, 4) is 0 Å². The van der Waals surface area contributed by atoms with Gasteiger partial charge >= 0.3 is 0 Å². The summed E-state index contributed by atoms with van der Waals surface area (Å²) in [5, 5.41) is 3.07. The number of carbonyl (C=O) groups is 1. The minimum Gasteiger partial charge on any atom is -0.352 e. The summed E-state index contributed by atoms with van der Waals surface area (Å²) in [6.07, 6.45) is 7.58. The average Bonchev–Trinajstić information content (AvgIpc) is 2.46. The Hall–Kier alpha value is -1.31. The monoisotopic (exact) mass is 245 g/mol. The van der Waals surface area contributed by atoms with Crippen molar-refractivity contribution in [3.05, 3.63) is 35.4 Å². The molecule has 0 aromatic heterocycles. The molecule has 2 nitrogen and oxygen atoms in total. The molecule has 1 N–H and O–H groups in total. The second kappa shape index (κ2) is 6.58. The summed E-state index contributed by atoms with van der Waals surface area (Å²) in [4.78, 5) is 12.0. The predicted octanol–water partition coefficient (Wildman–Crippen LogP) is 3.56. The van der Waals surface area contributed by atoms with Gasteiger partial charge in [-0.05, 0) is 42.9 Å². The fourth-order valence-corrected chi connectivity index (χ4v) is 2.62. The lowest BCUT2D eigenvalue weighted by Crippen LogP contribution is -2.30. The molecule has 0 saturated heterocycles. The molecule has 2 rings (SSSR count). The highest BCUT2D eigenvalue weighted by Crippen LogP contribution is 2.22. The van der Waals surface area contributed by atoms with Crippen LogP contribution in [0.3, 0.4) is 0 Å². The zero-order valence-electron chi connectivity index (χ0n) is 11.2. The maximum absolute atomic E-state index is 12.0. The lowest BCUT2D eigenvalue weighted by Gasteiger charge is -2.21. The normalized spacial score (nSPS) is 16.5. The first-order valence-electron chi connectivity index (χ1n) is 7.16. The summed E-state index contributed by atoms with van der Waals surface area (Å²) in [7, 11) is 0. The molecule has 0 aliphatic heterocycles. The topological polar surface area (TPSA) is 29.1 Å². The van der Waals surface area contributed by atoms with Crippen molar-refractivity contribution in [1.82, 2.24) is 5.32 Å². The molecule has 1 aromatic carbocycles. The smallest absolute Gasteiger partial charge is 0.251 e. The molecule has 1 aromatic rings. The van der Waals surface area contributed by atoms with E-state index in [2.05, 4.69) is 12.2 Å². The zero-order chi connectivity index (χ0) is 12.8. The van der Waals surface area contributed by atoms with Crippen LogP contribution in [0.25, 0.3) is 0 Å². The lowest BCUT2D eigenvalue weighted by molar-refractivity contribution is 0.0943. The minimum absolute atomic E-state index is 0.0724. The second-order valence-electron chi connectivity index (χ2n) is 5.26. The number of amides is 1. The van der Waals surface area contributed by atoms with Crippen LogP contribution in [0.5, 0.6) is 0 Å². The summed E-state index contributed by atoms with van der Waals surface area (Å²) < 4.78 is 0. The molecule has 18 heavy (non-hydrogen) atoms. The number of aryl methyl sites for hydroxylation is 1. The highest BCUT2D eigenvalue weighted by atomic mass is 16.1. The van der Waals surface area contributed by atoms with Gasteiger partial charge in [-0.2, -0.15) is 0 Å². The third kappa shape index (κ3) is 3.59. The number of carbonyl (C=O) groups excluding carboxylic acids is 1. The first-order chi connectivity index (χ1) is 8.79. The molecular weight excluding hydrogens is 222 g/mol. The molecule has 1 amide bonds. The predicted molar refractivity (Wildman–Crippen MR) is 74.7 cm³/mol. The summed E-state index contributed by atoms with van der Waals surface area (Å²) in [6, 6.07) is 7.93. The van der Waals surface area contributed by atoms with Crippen molar-refractivity contribution in [1.29, 1.82) is 0 Å².